The van der Waals surface area contributed by atoms with E-state index in [4.69, 9.17) is 14.2 Å². The Labute approximate surface area is 124 Å². The van der Waals surface area contributed by atoms with Crippen molar-refractivity contribution >= 4 is 12.3 Å². The third-order valence-corrected chi connectivity index (χ3v) is 3.44. The maximum absolute atomic E-state index is 11.4. The molecule has 0 spiro atoms. The Bertz CT molecular complexity index is 462. The summed E-state index contributed by atoms with van der Waals surface area (Å²) >= 11 is 0. The third kappa shape index (κ3) is 4.56. The summed E-state index contributed by atoms with van der Waals surface area (Å²) in [5.41, 5.74) is 0.623. The van der Waals surface area contributed by atoms with Crippen molar-refractivity contribution in [2.24, 2.45) is 5.92 Å². The number of rotatable bonds is 8. The molecule has 0 saturated heterocycles. The molecule has 0 amide bonds. The molecular formula is C16H20O5. The zero-order valence-corrected chi connectivity index (χ0v) is 12.1. The number of carbonyl (C=O) groups excluding carboxylic acids is 2. The van der Waals surface area contributed by atoms with Gasteiger partial charge >= 0.3 is 5.97 Å². The predicted octanol–water partition coefficient (Wildman–Crippen LogP) is 2.24. The first kappa shape index (κ1) is 15.5. The van der Waals surface area contributed by atoms with E-state index in [0.717, 1.165) is 19.1 Å². The first-order chi connectivity index (χ1) is 10.2. The van der Waals surface area contributed by atoms with Gasteiger partial charge in [-0.3, -0.25) is 9.59 Å². The average molecular weight is 292 g/mol. The Morgan fingerprint density at radius 2 is 1.95 bits per heavy atom. The molecule has 0 aromatic heterocycles. The number of carbonyl (C=O) groups is 2. The molecule has 5 heteroatoms. The Hall–Kier alpha value is -1.88. The van der Waals surface area contributed by atoms with E-state index in [-0.39, 0.29) is 18.0 Å². The normalized spacial score (nSPS) is 20.4. The molecule has 0 heterocycles. The minimum Gasteiger partial charge on any atom is -0.491 e. The first-order valence-electron chi connectivity index (χ1n) is 7.19. The van der Waals surface area contributed by atoms with E-state index in [2.05, 4.69) is 0 Å². The van der Waals surface area contributed by atoms with Crippen molar-refractivity contribution in [1.29, 1.82) is 0 Å². The molecule has 0 N–H and O–H groups in total. The van der Waals surface area contributed by atoms with Gasteiger partial charge in [-0.25, -0.2) is 0 Å². The van der Waals surface area contributed by atoms with Gasteiger partial charge in [-0.05, 0) is 44.0 Å². The molecule has 1 saturated carbocycles. The number of hydrogen-bond donors (Lipinski definition) is 0. The van der Waals surface area contributed by atoms with Crippen LogP contribution in [0.25, 0.3) is 0 Å². The van der Waals surface area contributed by atoms with Gasteiger partial charge in [0.2, 0.25) is 0 Å². The number of esters is 1. The lowest BCUT2D eigenvalue weighted by Crippen LogP contribution is -2.38. The molecule has 1 aliphatic carbocycles. The topological polar surface area (TPSA) is 61.8 Å². The Morgan fingerprint density at radius 3 is 2.57 bits per heavy atom. The van der Waals surface area contributed by atoms with Gasteiger partial charge in [0.15, 0.2) is 0 Å². The zero-order valence-electron chi connectivity index (χ0n) is 12.1. The lowest BCUT2D eigenvalue weighted by Gasteiger charge is -2.33. The summed E-state index contributed by atoms with van der Waals surface area (Å²) in [7, 11) is 0. The van der Waals surface area contributed by atoms with Crippen molar-refractivity contribution in [3.05, 3.63) is 29.8 Å². The quantitative estimate of drug-likeness (QED) is 0.418. The van der Waals surface area contributed by atoms with Crippen LogP contribution in [0.3, 0.4) is 0 Å². The van der Waals surface area contributed by atoms with E-state index in [1.165, 1.54) is 0 Å². The summed E-state index contributed by atoms with van der Waals surface area (Å²) < 4.78 is 16.1. The summed E-state index contributed by atoms with van der Waals surface area (Å²) in [4.78, 5) is 21.9. The SMILES string of the molecule is CCOC(=O)C1CC(OCCOc2ccc(C=O)cc2)C1. The van der Waals surface area contributed by atoms with Crippen LogP contribution in [0, 0.1) is 5.92 Å². The molecule has 0 aliphatic heterocycles. The fourth-order valence-electron chi connectivity index (χ4n) is 2.17. The molecule has 5 nitrogen and oxygen atoms in total. The van der Waals surface area contributed by atoms with Gasteiger partial charge in [0, 0.05) is 5.56 Å². The molecule has 1 aromatic rings. The molecular weight excluding hydrogens is 272 g/mol. The Kier molecular flexibility index (Phi) is 5.75. The maximum atomic E-state index is 11.4. The van der Waals surface area contributed by atoms with Gasteiger partial charge in [-0.15, -0.1) is 0 Å². The number of benzene rings is 1. The highest BCUT2D eigenvalue weighted by molar-refractivity contribution is 5.74. The lowest BCUT2D eigenvalue weighted by molar-refractivity contribution is -0.157. The molecule has 2 rings (SSSR count). The smallest absolute Gasteiger partial charge is 0.309 e. The number of ether oxygens (including phenoxy) is 3. The van der Waals surface area contributed by atoms with Gasteiger partial charge in [0.1, 0.15) is 18.6 Å². The van der Waals surface area contributed by atoms with E-state index >= 15 is 0 Å². The number of hydrogen-bond acceptors (Lipinski definition) is 5. The molecule has 21 heavy (non-hydrogen) atoms. The Morgan fingerprint density at radius 1 is 1.24 bits per heavy atom. The van der Waals surface area contributed by atoms with Gasteiger partial charge in [0.05, 0.1) is 25.2 Å². The van der Waals surface area contributed by atoms with Crippen LogP contribution in [0.5, 0.6) is 5.75 Å². The third-order valence-electron chi connectivity index (χ3n) is 3.44. The lowest BCUT2D eigenvalue weighted by atomic mass is 9.82. The molecule has 0 atom stereocenters. The summed E-state index contributed by atoms with van der Waals surface area (Å²) in [5, 5.41) is 0. The highest BCUT2D eigenvalue weighted by atomic mass is 16.5. The fraction of sp³-hybridized carbons (Fsp3) is 0.500. The summed E-state index contributed by atoms with van der Waals surface area (Å²) in [5.74, 6) is 0.581. The molecule has 1 aliphatic rings. The minimum atomic E-state index is -0.121. The molecule has 0 radical (unpaired) electrons. The van der Waals surface area contributed by atoms with Crippen molar-refractivity contribution in [3.63, 3.8) is 0 Å². The molecule has 1 fully saturated rings. The summed E-state index contributed by atoms with van der Waals surface area (Å²) in [6.45, 7) is 3.16. The van der Waals surface area contributed by atoms with Gasteiger partial charge in [0.25, 0.3) is 0 Å². The van der Waals surface area contributed by atoms with E-state index < -0.39 is 0 Å². The van der Waals surface area contributed by atoms with Crippen LogP contribution in [0.4, 0.5) is 0 Å². The van der Waals surface area contributed by atoms with Gasteiger partial charge < -0.3 is 14.2 Å². The standard InChI is InChI=1S/C16H20O5/c1-2-19-16(18)13-9-15(10-13)21-8-7-20-14-5-3-12(11-17)4-6-14/h3-6,11,13,15H,2,7-10H2,1H3. The molecule has 0 unspecified atom stereocenters. The van der Waals surface area contributed by atoms with E-state index in [1.54, 1.807) is 24.3 Å². The fourth-order valence-corrected chi connectivity index (χ4v) is 2.17. The largest absolute Gasteiger partial charge is 0.491 e. The van der Waals surface area contributed by atoms with E-state index in [9.17, 15) is 9.59 Å². The van der Waals surface area contributed by atoms with Crippen molar-refractivity contribution in [2.75, 3.05) is 19.8 Å². The highest BCUT2D eigenvalue weighted by Crippen LogP contribution is 2.31. The van der Waals surface area contributed by atoms with Crippen LogP contribution in [0.1, 0.15) is 30.1 Å². The van der Waals surface area contributed by atoms with Crippen molar-refractivity contribution in [2.45, 2.75) is 25.9 Å². The Balaban J connectivity index is 1.56. The van der Waals surface area contributed by atoms with Crippen molar-refractivity contribution < 1.29 is 23.8 Å². The van der Waals surface area contributed by atoms with E-state index in [1.807, 2.05) is 6.92 Å². The van der Waals surface area contributed by atoms with E-state index in [0.29, 0.717) is 31.1 Å². The van der Waals surface area contributed by atoms with Crippen LogP contribution in [0.15, 0.2) is 24.3 Å². The van der Waals surface area contributed by atoms with Gasteiger partial charge in [-0.1, -0.05) is 0 Å². The number of aldehydes is 1. The van der Waals surface area contributed by atoms with Crippen molar-refractivity contribution in [3.8, 4) is 5.75 Å². The summed E-state index contributed by atoms with van der Waals surface area (Å²) in [6.07, 6.45) is 2.38. The second kappa shape index (κ2) is 7.78. The predicted molar refractivity (Wildman–Crippen MR) is 76.4 cm³/mol. The van der Waals surface area contributed by atoms with Crippen LogP contribution in [0.2, 0.25) is 0 Å². The second-order valence-corrected chi connectivity index (χ2v) is 4.95. The van der Waals surface area contributed by atoms with Crippen LogP contribution < -0.4 is 4.74 Å². The molecule has 114 valence electrons. The second-order valence-electron chi connectivity index (χ2n) is 4.95. The van der Waals surface area contributed by atoms with Crippen molar-refractivity contribution in [1.82, 2.24) is 0 Å². The van der Waals surface area contributed by atoms with Crippen LogP contribution in [-0.2, 0) is 14.3 Å². The molecule has 0 bridgehead atoms. The van der Waals surface area contributed by atoms with Crippen LogP contribution in [-0.4, -0.2) is 38.2 Å². The minimum absolute atomic E-state index is 0.00764. The maximum Gasteiger partial charge on any atom is 0.309 e. The molecule has 1 aromatic carbocycles. The monoisotopic (exact) mass is 292 g/mol. The van der Waals surface area contributed by atoms with Crippen LogP contribution >= 0.6 is 0 Å². The highest BCUT2D eigenvalue weighted by Gasteiger charge is 2.36. The summed E-state index contributed by atoms with van der Waals surface area (Å²) in [6, 6.07) is 6.92. The first-order valence-corrected chi connectivity index (χ1v) is 7.19. The average Bonchev–Trinajstić information content (AvgIpc) is 2.46. The van der Waals surface area contributed by atoms with Gasteiger partial charge in [-0.2, -0.15) is 0 Å². The zero-order chi connectivity index (χ0) is 15.1.